The number of nitrogens with two attached hydrogens (primary N) is 1. The maximum atomic E-state index is 5.43. The van der Waals surface area contributed by atoms with E-state index in [2.05, 4.69) is 9.97 Å². The van der Waals surface area contributed by atoms with Gasteiger partial charge in [0.1, 0.15) is 5.65 Å². The molecule has 0 atom stereocenters. The van der Waals surface area contributed by atoms with Crippen LogP contribution in [0.3, 0.4) is 0 Å². The van der Waals surface area contributed by atoms with Crippen molar-refractivity contribution in [3.8, 4) is 0 Å². The quantitative estimate of drug-likeness (QED) is 0.630. The number of pyridine rings is 1. The van der Waals surface area contributed by atoms with E-state index in [9.17, 15) is 0 Å². The van der Waals surface area contributed by atoms with E-state index < -0.39 is 0 Å². The molecular weight excluding hydrogens is 158 g/mol. The second kappa shape index (κ2) is 2.56. The highest BCUT2D eigenvalue weighted by atomic mass is 32.2. The zero-order valence-corrected chi connectivity index (χ0v) is 6.56. The molecule has 0 radical (unpaired) electrons. The average Bonchev–Trinajstić information content (AvgIpc) is 2.47. The third-order valence-corrected chi connectivity index (χ3v) is 2.13. The number of nitrogens with one attached hydrogen (secondary N) is 1. The zero-order valence-electron chi connectivity index (χ0n) is 5.74. The molecule has 0 saturated heterocycles. The first-order chi connectivity index (χ1) is 5.42. The summed E-state index contributed by atoms with van der Waals surface area (Å²) in [6.07, 6.45) is 3.62. The first-order valence-corrected chi connectivity index (χ1v) is 4.08. The largest absolute Gasteiger partial charge is 0.345 e. The number of aromatic amines is 1. The van der Waals surface area contributed by atoms with Crippen molar-refractivity contribution >= 4 is 23.0 Å². The van der Waals surface area contributed by atoms with E-state index >= 15 is 0 Å². The lowest BCUT2D eigenvalue weighted by Crippen LogP contribution is -1.76. The fourth-order valence-electron chi connectivity index (χ4n) is 1.03. The Morgan fingerprint density at radius 2 is 2.45 bits per heavy atom. The predicted octanol–water partition coefficient (Wildman–Crippen LogP) is 1.53. The molecule has 0 aliphatic heterocycles. The van der Waals surface area contributed by atoms with Crippen LogP contribution in [0.2, 0.25) is 0 Å². The molecular formula is C7H7N3S. The Hall–Kier alpha value is -1.00. The molecule has 2 aromatic rings. The number of H-pyrrole nitrogens is 1. The molecule has 0 aliphatic rings. The Balaban J connectivity index is 2.76. The van der Waals surface area contributed by atoms with Gasteiger partial charge in [0.25, 0.3) is 0 Å². The summed E-state index contributed by atoms with van der Waals surface area (Å²) < 4.78 is 0. The van der Waals surface area contributed by atoms with Crippen LogP contribution in [0.25, 0.3) is 11.0 Å². The summed E-state index contributed by atoms with van der Waals surface area (Å²) in [6, 6.07) is 3.89. The van der Waals surface area contributed by atoms with Crippen molar-refractivity contribution in [3.05, 3.63) is 24.5 Å². The van der Waals surface area contributed by atoms with Crippen LogP contribution in [-0.4, -0.2) is 9.97 Å². The van der Waals surface area contributed by atoms with Crippen molar-refractivity contribution < 1.29 is 0 Å². The summed E-state index contributed by atoms with van der Waals surface area (Å²) >= 11 is 1.23. The van der Waals surface area contributed by atoms with Crippen LogP contribution in [0.15, 0.2) is 29.4 Å². The predicted molar refractivity (Wildman–Crippen MR) is 46.1 cm³/mol. The van der Waals surface area contributed by atoms with E-state index in [1.165, 1.54) is 11.9 Å². The van der Waals surface area contributed by atoms with Crippen LogP contribution in [0.5, 0.6) is 0 Å². The third-order valence-electron chi connectivity index (χ3n) is 1.54. The summed E-state index contributed by atoms with van der Waals surface area (Å²) in [5.41, 5.74) is 0.889. The van der Waals surface area contributed by atoms with E-state index in [-0.39, 0.29) is 0 Å². The molecule has 0 aliphatic carbocycles. The SMILES string of the molecule is NSc1c[nH]c2ncccc12. The molecule has 3 nitrogen and oxygen atoms in total. The lowest BCUT2D eigenvalue weighted by molar-refractivity contribution is 1.32. The molecule has 4 heteroatoms. The van der Waals surface area contributed by atoms with Gasteiger partial charge in [-0.25, -0.2) is 4.98 Å². The summed E-state index contributed by atoms with van der Waals surface area (Å²) in [7, 11) is 0. The molecule has 0 fully saturated rings. The standard InChI is InChI=1S/C7H7N3S/c8-11-6-4-10-7-5(6)2-1-3-9-7/h1-4H,8H2,(H,9,10). The van der Waals surface area contributed by atoms with Gasteiger partial charge < -0.3 is 4.98 Å². The van der Waals surface area contributed by atoms with Crippen molar-refractivity contribution in [2.45, 2.75) is 4.90 Å². The van der Waals surface area contributed by atoms with Gasteiger partial charge in [0, 0.05) is 22.7 Å². The average molecular weight is 165 g/mol. The van der Waals surface area contributed by atoms with Crippen molar-refractivity contribution in [2.24, 2.45) is 5.14 Å². The van der Waals surface area contributed by atoms with Crippen LogP contribution in [-0.2, 0) is 0 Å². The van der Waals surface area contributed by atoms with Gasteiger partial charge in [-0.15, -0.1) is 0 Å². The number of hydrogen-bond donors (Lipinski definition) is 2. The minimum absolute atomic E-state index is 0.889. The van der Waals surface area contributed by atoms with Gasteiger partial charge in [-0.2, -0.15) is 0 Å². The van der Waals surface area contributed by atoms with Crippen LogP contribution in [0, 0.1) is 0 Å². The monoisotopic (exact) mass is 165 g/mol. The van der Waals surface area contributed by atoms with Crippen LogP contribution in [0.4, 0.5) is 0 Å². The molecule has 56 valence electrons. The highest BCUT2D eigenvalue weighted by Crippen LogP contribution is 2.21. The molecule has 0 unspecified atom stereocenters. The number of aromatic nitrogens is 2. The molecule has 11 heavy (non-hydrogen) atoms. The molecule has 2 heterocycles. The summed E-state index contributed by atoms with van der Waals surface area (Å²) in [5, 5.41) is 6.51. The van der Waals surface area contributed by atoms with Gasteiger partial charge in [0.2, 0.25) is 0 Å². The first-order valence-electron chi connectivity index (χ1n) is 3.20. The van der Waals surface area contributed by atoms with Crippen molar-refractivity contribution in [1.29, 1.82) is 0 Å². The van der Waals surface area contributed by atoms with Crippen LogP contribution in [0.1, 0.15) is 0 Å². The van der Waals surface area contributed by atoms with Gasteiger partial charge in [0.15, 0.2) is 0 Å². The fourth-order valence-corrected chi connectivity index (χ4v) is 1.45. The summed E-state index contributed by atoms with van der Waals surface area (Å²) in [4.78, 5) is 8.19. The Kier molecular flexibility index (Phi) is 1.56. The lowest BCUT2D eigenvalue weighted by Gasteiger charge is -1.89. The van der Waals surface area contributed by atoms with Gasteiger partial charge in [-0.1, -0.05) is 0 Å². The molecule has 0 bridgehead atoms. The second-order valence-electron chi connectivity index (χ2n) is 2.17. The normalized spacial score (nSPS) is 10.6. The van der Waals surface area contributed by atoms with Gasteiger partial charge in [0.05, 0.1) is 0 Å². The number of fused-ring (bicyclic) bond motifs is 1. The van der Waals surface area contributed by atoms with Gasteiger partial charge >= 0.3 is 0 Å². The van der Waals surface area contributed by atoms with E-state index in [0.717, 1.165) is 15.9 Å². The Bertz CT molecular complexity index is 368. The Morgan fingerprint density at radius 3 is 3.27 bits per heavy atom. The summed E-state index contributed by atoms with van der Waals surface area (Å²) in [6.45, 7) is 0. The topological polar surface area (TPSA) is 54.7 Å². The van der Waals surface area contributed by atoms with Gasteiger partial charge in [-0.3, -0.25) is 5.14 Å². The van der Waals surface area contributed by atoms with Crippen LogP contribution >= 0.6 is 11.9 Å². The minimum Gasteiger partial charge on any atom is -0.345 e. The summed E-state index contributed by atoms with van der Waals surface area (Å²) in [5.74, 6) is 0. The number of hydrogen-bond acceptors (Lipinski definition) is 3. The smallest absolute Gasteiger partial charge is 0.138 e. The van der Waals surface area contributed by atoms with Crippen molar-refractivity contribution in [1.82, 2.24) is 9.97 Å². The molecule has 0 aromatic carbocycles. The molecule has 0 saturated carbocycles. The lowest BCUT2D eigenvalue weighted by atomic mass is 10.3. The molecule has 3 N–H and O–H groups in total. The van der Waals surface area contributed by atoms with Crippen molar-refractivity contribution in [2.75, 3.05) is 0 Å². The first kappa shape index (κ1) is 6.69. The zero-order chi connectivity index (χ0) is 7.68. The molecule has 2 aromatic heterocycles. The molecule has 0 amide bonds. The highest BCUT2D eigenvalue weighted by Gasteiger charge is 2.00. The van der Waals surface area contributed by atoms with E-state index in [4.69, 9.17) is 5.14 Å². The Morgan fingerprint density at radius 1 is 1.55 bits per heavy atom. The minimum atomic E-state index is 0.889. The van der Waals surface area contributed by atoms with Crippen molar-refractivity contribution in [3.63, 3.8) is 0 Å². The maximum absolute atomic E-state index is 5.43. The van der Waals surface area contributed by atoms with E-state index in [1.807, 2.05) is 18.3 Å². The van der Waals surface area contributed by atoms with E-state index in [0.29, 0.717) is 0 Å². The number of rotatable bonds is 1. The molecule has 2 rings (SSSR count). The van der Waals surface area contributed by atoms with Gasteiger partial charge in [-0.05, 0) is 24.1 Å². The fraction of sp³-hybridized carbons (Fsp3) is 0. The van der Waals surface area contributed by atoms with Crippen LogP contribution < -0.4 is 5.14 Å². The van der Waals surface area contributed by atoms with E-state index in [1.54, 1.807) is 6.20 Å². The maximum Gasteiger partial charge on any atom is 0.138 e. The number of nitrogens with zero attached hydrogens (tertiary/aromatic N) is 1. The molecule has 0 spiro atoms. The Labute approximate surface area is 68.1 Å². The second-order valence-corrected chi connectivity index (χ2v) is 2.85. The third kappa shape index (κ3) is 1.00. The highest BCUT2D eigenvalue weighted by molar-refractivity contribution is 7.97.